The molecule has 1 amide bonds. The Morgan fingerprint density at radius 2 is 1.95 bits per heavy atom. The molecule has 3 N–H and O–H groups in total. The highest BCUT2D eigenvalue weighted by Gasteiger charge is 2.07. The molecule has 0 saturated carbocycles. The van der Waals surface area contributed by atoms with E-state index in [1.165, 1.54) is 0 Å². The summed E-state index contributed by atoms with van der Waals surface area (Å²) in [6.07, 6.45) is 1.66. The van der Waals surface area contributed by atoms with Gasteiger partial charge >= 0.3 is 0 Å². The van der Waals surface area contributed by atoms with Gasteiger partial charge < -0.3 is 10.6 Å². The van der Waals surface area contributed by atoms with Gasteiger partial charge in [-0.05, 0) is 44.0 Å². The van der Waals surface area contributed by atoms with Crippen LogP contribution < -0.4 is 15.4 Å². The molecule has 0 saturated heterocycles. The fourth-order valence-electron chi connectivity index (χ4n) is 1.84. The molecule has 0 bridgehead atoms. The van der Waals surface area contributed by atoms with Gasteiger partial charge in [0, 0.05) is 30.9 Å². The minimum atomic E-state index is -3.16. The number of anilines is 1. The number of benzene rings is 1. The predicted octanol–water partition coefficient (Wildman–Crippen LogP) is 1.10. The van der Waals surface area contributed by atoms with Crippen LogP contribution in [0.3, 0.4) is 0 Å². The van der Waals surface area contributed by atoms with Gasteiger partial charge in [-0.1, -0.05) is 0 Å². The van der Waals surface area contributed by atoms with Crippen LogP contribution >= 0.6 is 0 Å². The summed E-state index contributed by atoms with van der Waals surface area (Å²) in [6.45, 7) is 5.54. The van der Waals surface area contributed by atoms with Crippen LogP contribution in [0.2, 0.25) is 0 Å². The van der Waals surface area contributed by atoms with E-state index >= 15 is 0 Å². The molecule has 0 aliphatic heterocycles. The summed E-state index contributed by atoms with van der Waals surface area (Å²) in [5.74, 6) is -0.152. The zero-order valence-corrected chi connectivity index (χ0v) is 13.5. The fraction of sp³-hybridized carbons (Fsp3) is 0.500. The summed E-state index contributed by atoms with van der Waals surface area (Å²) in [4.78, 5) is 12.0. The average Bonchev–Trinajstić information content (AvgIpc) is 2.39. The number of carbonyl (C=O) groups excluding carboxylic acids is 1. The van der Waals surface area contributed by atoms with Gasteiger partial charge in [-0.2, -0.15) is 0 Å². The van der Waals surface area contributed by atoms with E-state index in [2.05, 4.69) is 15.4 Å². The number of rotatable bonds is 8. The molecule has 0 heterocycles. The molecule has 6 nitrogen and oxygen atoms in total. The third-order valence-corrected chi connectivity index (χ3v) is 3.59. The summed E-state index contributed by atoms with van der Waals surface area (Å²) in [5.41, 5.74) is 2.64. The Kier molecular flexibility index (Phi) is 6.64. The largest absolute Gasteiger partial charge is 0.385 e. The van der Waals surface area contributed by atoms with Gasteiger partial charge in [0.25, 0.3) is 5.91 Å². The number of hydrogen-bond acceptors (Lipinski definition) is 4. The van der Waals surface area contributed by atoms with E-state index in [0.717, 1.165) is 24.1 Å². The van der Waals surface area contributed by atoms with E-state index in [0.29, 0.717) is 25.1 Å². The van der Waals surface area contributed by atoms with Crippen LogP contribution in [0.1, 0.15) is 29.3 Å². The Bertz CT molecular complexity index is 585. The average molecular weight is 313 g/mol. The van der Waals surface area contributed by atoms with E-state index in [4.69, 9.17) is 0 Å². The first kappa shape index (κ1) is 17.5. The van der Waals surface area contributed by atoms with Crippen molar-refractivity contribution in [3.05, 3.63) is 29.3 Å². The second-order valence-corrected chi connectivity index (χ2v) is 6.67. The zero-order valence-electron chi connectivity index (χ0n) is 12.7. The summed E-state index contributed by atoms with van der Waals surface area (Å²) >= 11 is 0. The molecule has 0 fully saturated rings. The normalized spacial score (nSPS) is 11.2. The minimum absolute atomic E-state index is 0.152. The maximum Gasteiger partial charge on any atom is 0.251 e. The first-order chi connectivity index (χ1) is 9.83. The molecule has 1 aromatic rings. The number of aryl methyl sites for hydroxylation is 1. The van der Waals surface area contributed by atoms with Crippen LogP contribution in [0, 0.1) is 6.92 Å². The SMILES string of the molecule is CCNc1ccc(C(=O)NCCCNS(C)(=O)=O)cc1C. The maximum atomic E-state index is 12.0. The lowest BCUT2D eigenvalue weighted by atomic mass is 10.1. The Labute approximate surface area is 126 Å². The minimum Gasteiger partial charge on any atom is -0.385 e. The van der Waals surface area contributed by atoms with Gasteiger partial charge in [0.2, 0.25) is 10.0 Å². The first-order valence-electron chi connectivity index (χ1n) is 6.91. The molecule has 0 unspecified atom stereocenters. The van der Waals surface area contributed by atoms with Gasteiger partial charge in [0.15, 0.2) is 0 Å². The first-order valence-corrected chi connectivity index (χ1v) is 8.80. The molecular weight excluding hydrogens is 290 g/mol. The lowest BCUT2D eigenvalue weighted by Crippen LogP contribution is -2.29. The molecule has 1 aromatic carbocycles. The van der Waals surface area contributed by atoms with Crippen molar-refractivity contribution in [1.82, 2.24) is 10.0 Å². The van der Waals surface area contributed by atoms with Crippen molar-refractivity contribution in [3.63, 3.8) is 0 Å². The molecular formula is C14H23N3O3S. The third-order valence-electron chi connectivity index (χ3n) is 2.86. The maximum absolute atomic E-state index is 12.0. The van der Waals surface area contributed by atoms with Crippen molar-refractivity contribution < 1.29 is 13.2 Å². The summed E-state index contributed by atoms with van der Waals surface area (Å²) in [5, 5.41) is 5.99. The molecule has 0 spiro atoms. The van der Waals surface area contributed by atoms with Crippen molar-refractivity contribution >= 4 is 21.6 Å². The summed E-state index contributed by atoms with van der Waals surface area (Å²) in [7, 11) is -3.16. The van der Waals surface area contributed by atoms with Crippen LogP contribution in [-0.4, -0.2) is 40.2 Å². The van der Waals surface area contributed by atoms with Crippen LogP contribution in [0.15, 0.2) is 18.2 Å². The van der Waals surface area contributed by atoms with Crippen LogP contribution in [0.25, 0.3) is 0 Å². The third kappa shape index (κ3) is 6.59. The van der Waals surface area contributed by atoms with Crippen molar-refractivity contribution in [2.75, 3.05) is 31.2 Å². The lowest BCUT2D eigenvalue weighted by Gasteiger charge is -2.10. The second-order valence-electron chi connectivity index (χ2n) is 4.84. The van der Waals surface area contributed by atoms with Crippen LogP contribution in [0.5, 0.6) is 0 Å². The van der Waals surface area contributed by atoms with Crippen LogP contribution in [0.4, 0.5) is 5.69 Å². The van der Waals surface area contributed by atoms with Gasteiger partial charge in [0.1, 0.15) is 0 Å². The highest BCUT2D eigenvalue weighted by molar-refractivity contribution is 7.88. The molecule has 0 aliphatic rings. The number of nitrogens with one attached hydrogen (secondary N) is 3. The molecule has 0 radical (unpaired) electrons. The molecule has 0 aliphatic carbocycles. The quantitative estimate of drug-likeness (QED) is 0.627. The molecule has 0 aromatic heterocycles. The molecule has 1 rings (SSSR count). The summed E-state index contributed by atoms with van der Waals surface area (Å²) in [6, 6.07) is 5.50. The predicted molar refractivity (Wildman–Crippen MR) is 85.1 cm³/mol. The molecule has 7 heteroatoms. The van der Waals surface area contributed by atoms with Crippen molar-refractivity contribution in [1.29, 1.82) is 0 Å². The number of carbonyl (C=O) groups is 1. The van der Waals surface area contributed by atoms with E-state index in [-0.39, 0.29) is 5.91 Å². The van der Waals surface area contributed by atoms with Gasteiger partial charge in [-0.3, -0.25) is 4.79 Å². The molecule has 21 heavy (non-hydrogen) atoms. The van der Waals surface area contributed by atoms with E-state index in [1.807, 2.05) is 26.0 Å². The van der Waals surface area contributed by atoms with Crippen molar-refractivity contribution in [2.24, 2.45) is 0 Å². The number of sulfonamides is 1. The monoisotopic (exact) mass is 313 g/mol. The zero-order chi connectivity index (χ0) is 15.9. The number of hydrogen-bond donors (Lipinski definition) is 3. The second kappa shape index (κ2) is 7.99. The molecule has 118 valence electrons. The Morgan fingerprint density at radius 1 is 1.24 bits per heavy atom. The molecule has 0 atom stereocenters. The standard InChI is InChI=1S/C14H23N3O3S/c1-4-15-13-7-6-12(10-11(13)2)14(18)16-8-5-9-17-21(3,19)20/h6-7,10,15,17H,4-5,8-9H2,1-3H3,(H,16,18). The lowest BCUT2D eigenvalue weighted by molar-refractivity contribution is 0.0953. The van der Waals surface area contributed by atoms with E-state index in [9.17, 15) is 13.2 Å². The fourth-order valence-corrected chi connectivity index (χ4v) is 2.36. The topological polar surface area (TPSA) is 87.3 Å². The smallest absolute Gasteiger partial charge is 0.251 e. The van der Waals surface area contributed by atoms with Gasteiger partial charge in [0.05, 0.1) is 6.26 Å². The summed E-state index contributed by atoms with van der Waals surface area (Å²) < 4.78 is 24.1. The van der Waals surface area contributed by atoms with Gasteiger partial charge in [-0.25, -0.2) is 13.1 Å². The Morgan fingerprint density at radius 3 is 2.52 bits per heavy atom. The highest BCUT2D eigenvalue weighted by Crippen LogP contribution is 2.16. The highest BCUT2D eigenvalue weighted by atomic mass is 32.2. The number of amides is 1. The van der Waals surface area contributed by atoms with Crippen molar-refractivity contribution in [2.45, 2.75) is 20.3 Å². The van der Waals surface area contributed by atoms with Crippen molar-refractivity contribution in [3.8, 4) is 0 Å². The van der Waals surface area contributed by atoms with Crippen LogP contribution in [-0.2, 0) is 10.0 Å². The van der Waals surface area contributed by atoms with E-state index in [1.54, 1.807) is 6.07 Å². The Balaban J connectivity index is 2.44. The van der Waals surface area contributed by atoms with Gasteiger partial charge in [-0.15, -0.1) is 0 Å². The Hall–Kier alpha value is -1.60. The van der Waals surface area contributed by atoms with E-state index < -0.39 is 10.0 Å².